The van der Waals surface area contributed by atoms with Crippen molar-refractivity contribution >= 4 is 11.9 Å². The molecular weight excluding hydrogens is 266 g/mol. The molecule has 1 spiro atoms. The molecule has 0 aromatic heterocycles. The summed E-state index contributed by atoms with van der Waals surface area (Å²) in [6.45, 7) is 11.3. The van der Waals surface area contributed by atoms with E-state index in [0.717, 1.165) is 32.4 Å². The average Bonchev–Trinajstić information content (AvgIpc) is 2.60. The third kappa shape index (κ3) is 3.07. The summed E-state index contributed by atoms with van der Waals surface area (Å²) >= 11 is 0. The van der Waals surface area contributed by atoms with Gasteiger partial charge in [0.15, 0.2) is 0 Å². The van der Waals surface area contributed by atoms with Gasteiger partial charge in [-0.1, -0.05) is 27.7 Å². The highest BCUT2D eigenvalue weighted by molar-refractivity contribution is 6.07. The molecule has 2 aliphatic heterocycles. The molecule has 2 fully saturated rings. The van der Waals surface area contributed by atoms with E-state index in [1.54, 1.807) is 0 Å². The normalized spacial score (nSPS) is 22.2. The number of piperidine rings is 1. The minimum absolute atomic E-state index is 0.0338. The third-order valence-corrected chi connectivity index (χ3v) is 4.53. The second kappa shape index (κ2) is 6.34. The first-order chi connectivity index (χ1) is 9.88. The minimum atomic E-state index is -0.577. The number of nitrogens with one attached hydrogen (secondary N) is 1. The van der Waals surface area contributed by atoms with Gasteiger partial charge in [0.1, 0.15) is 5.54 Å². The van der Waals surface area contributed by atoms with Gasteiger partial charge in [-0.05, 0) is 44.2 Å². The lowest BCUT2D eigenvalue weighted by Gasteiger charge is -2.38. The molecule has 5 heteroatoms. The quantitative estimate of drug-likeness (QED) is 0.790. The summed E-state index contributed by atoms with van der Waals surface area (Å²) in [5.41, 5.74) is -0.577. The van der Waals surface area contributed by atoms with Crippen LogP contribution < -0.4 is 5.32 Å². The van der Waals surface area contributed by atoms with Crippen LogP contribution in [-0.4, -0.2) is 53.5 Å². The number of rotatable bonds is 5. The van der Waals surface area contributed by atoms with E-state index in [9.17, 15) is 9.59 Å². The van der Waals surface area contributed by atoms with Gasteiger partial charge in [-0.25, -0.2) is 4.79 Å². The highest BCUT2D eigenvalue weighted by Crippen LogP contribution is 2.36. The van der Waals surface area contributed by atoms with Crippen molar-refractivity contribution in [3.8, 4) is 0 Å². The zero-order valence-electron chi connectivity index (χ0n) is 13.8. The Morgan fingerprint density at radius 3 is 2.24 bits per heavy atom. The Morgan fingerprint density at radius 1 is 1.10 bits per heavy atom. The molecule has 0 unspecified atom stereocenters. The van der Waals surface area contributed by atoms with E-state index >= 15 is 0 Å². The van der Waals surface area contributed by atoms with Gasteiger partial charge in [-0.2, -0.15) is 0 Å². The Morgan fingerprint density at radius 2 is 1.71 bits per heavy atom. The first-order valence-electron chi connectivity index (χ1n) is 8.23. The molecule has 0 atom stereocenters. The van der Waals surface area contributed by atoms with Crippen molar-refractivity contribution in [3.63, 3.8) is 0 Å². The summed E-state index contributed by atoms with van der Waals surface area (Å²) < 4.78 is 0. The zero-order valence-corrected chi connectivity index (χ0v) is 13.8. The molecule has 2 saturated heterocycles. The Bertz CT molecular complexity index is 400. The van der Waals surface area contributed by atoms with Crippen LogP contribution in [0.3, 0.4) is 0 Å². The van der Waals surface area contributed by atoms with Crippen LogP contribution in [-0.2, 0) is 4.79 Å². The van der Waals surface area contributed by atoms with E-state index in [0.29, 0.717) is 24.9 Å². The highest BCUT2D eigenvalue weighted by atomic mass is 16.2. The van der Waals surface area contributed by atoms with Crippen molar-refractivity contribution in [3.05, 3.63) is 0 Å². The maximum absolute atomic E-state index is 12.9. The first-order valence-corrected chi connectivity index (χ1v) is 8.23. The molecule has 0 aromatic rings. The molecule has 2 heterocycles. The first kappa shape index (κ1) is 16.3. The van der Waals surface area contributed by atoms with Crippen LogP contribution >= 0.6 is 0 Å². The molecule has 21 heavy (non-hydrogen) atoms. The zero-order chi connectivity index (χ0) is 15.6. The smallest absolute Gasteiger partial charge is 0.317 e. The minimum Gasteiger partial charge on any atom is -0.317 e. The maximum Gasteiger partial charge on any atom is 0.327 e. The fourth-order valence-electron chi connectivity index (χ4n) is 3.33. The van der Waals surface area contributed by atoms with Crippen LogP contribution in [0.15, 0.2) is 0 Å². The summed E-state index contributed by atoms with van der Waals surface area (Å²) in [5.74, 6) is 0.874. The molecule has 0 bridgehead atoms. The Kier molecular flexibility index (Phi) is 4.91. The Labute approximate surface area is 128 Å². The van der Waals surface area contributed by atoms with Gasteiger partial charge in [0.25, 0.3) is 5.91 Å². The van der Waals surface area contributed by atoms with Crippen LogP contribution in [0.1, 0.15) is 47.0 Å². The average molecular weight is 295 g/mol. The van der Waals surface area contributed by atoms with Crippen LogP contribution in [0.5, 0.6) is 0 Å². The molecule has 0 aliphatic carbocycles. The topological polar surface area (TPSA) is 52.7 Å². The third-order valence-electron chi connectivity index (χ3n) is 4.53. The molecule has 0 saturated carbocycles. The number of amides is 3. The molecule has 0 radical (unpaired) electrons. The predicted octanol–water partition coefficient (Wildman–Crippen LogP) is 2.07. The van der Waals surface area contributed by atoms with E-state index in [2.05, 4.69) is 19.2 Å². The van der Waals surface area contributed by atoms with Gasteiger partial charge in [-0.3, -0.25) is 9.69 Å². The monoisotopic (exact) mass is 295 g/mol. The van der Waals surface area contributed by atoms with Crippen LogP contribution in [0.4, 0.5) is 4.79 Å². The number of urea groups is 1. The standard InChI is InChI=1S/C16H29N3O2/c1-12(2)5-10-19-15(21)18(11-13(3)4)14(20)16(19)6-8-17-9-7-16/h12-13,17H,5-11H2,1-4H3. The highest BCUT2D eigenvalue weighted by Gasteiger charge is 2.56. The largest absolute Gasteiger partial charge is 0.327 e. The van der Waals surface area contributed by atoms with Crippen molar-refractivity contribution in [2.75, 3.05) is 26.2 Å². The van der Waals surface area contributed by atoms with E-state index in [-0.39, 0.29) is 11.9 Å². The van der Waals surface area contributed by atoms with Gasteiger partial charge in [0, 0.05) is 13.1 Å². The fourth-order valence-corrected chi connectivity index (χ4v) is 3.33. The van der Waals surface area contributed by atoms with Crippen molar-refractivity contribution in [1.29, 1.82) is 0 Å². The molecule has 3 amide bonds. The van der Waals surface area contributed by atoms with Crippen LogP contribution in [0, 0.1) is 11.8 Å². The molecule has 5 nitrogen and oxygen atoms in total. The summed E-state index contributed by atoms with van der Waals surface area (Å²) in [5, 5.41) is 3.30. The molecule has 0 aromatic carbocycles. The maximum atomic E-state index is 12.9. The van der Waals surface area contributed by atoms with Gasteiger partial charge in [0.2, 0.25) is 0 Å². The summed E-state index contributed by atoms with van der Waals surface area (Å²) in [4.78, 5) is 29.0. The lowest BCUT2D eigenvalue weighted by molar-refractivity contribution is -0.134. The van der Waals surface area contributed by atoms with Gasteiger partial charge >= 0.3 is 6.03 Å². The van der Waals surface area contributed by atoms with Crippen molar-refractivity contribution in [1.82, 2.24) is 15.1 Å². The molecule has 120 valence electrons. The second-order valence-electron chi connectivity index (χ2n) is 7.21. The van der Waals surface area contributed by atoms with Crippen molar-refractivity contribution in [2.45, 2.75) is 52.5 Å². The summed E-state index contributed by atoms with van der Waals surface area (Å²) in [6, 6.07) is -0.0729. The number of carbonyl (C=O) groups is 2. The fraction of sp³-hybridized carbons (Fsp3) is 0.875. The second-order valence-corrected chi connectivity index (χ2v) is 7.21. The van der Waals surface area contributed by atoms with E-state index in [1.807, 2.05) is 18.7 Å². The lowest BCUT2D eigenvalue weighted by Crippen LogP contribution is -2.56. The lowest BCUT2D eigenvalue weighted by atomic mass is 9.86. The Hall–Kier alpha value is -1.10. The SMILES string of the molecule is CC(C)CCN1C(=O)N(CC(C)C)C(=O)C12CCNCC2. The van der Waals surface area contributed by atoms with Gasteiger partial charge < -0.3 is 10.2 Å². The van der Waals surface area contributed by atoms with Gasteiger partial charge in [0.05, 0.1) is 0 Å². The van der Waals surface area contributed by atoms with E-state index < -0.39 is 5.54 Å². The van der Waals surface area contributed by atoms with Gasteiger partial charge in [-0.15, -0.1) is 0 Å². The molecular formula is C16H29N3O2. The number of hydrogen-bond acceptors (Lipinski definition) is 3. The molecule has 2 aliphatic rings. The van der Waals surface area contributed by atoms with Crippen LogP contribution in [0.2, 0.25) is 0 Å². The molecule has 2 rings (SSSR count). The molecule has 1 N–H and O–H groups in total. The summed E-state index contributed by atoms with van der Waals surface area (Å²) in [6.07, 6.45) is 2.43. The van der Waals surface area contributed by atoms with E-state index in [4.69, 9.17) is 0 Å². The van der Waals surface area contributed by atoms with Crippen molar-refractivity contribution < 1.29 is 9.59 Å². The summed E-state index contributed by atoms with van der Waals surface area (Å²) in [7, 11) is 0. The number of imide groups is 1. The number of hydrogen-bond donors (Lipinski definition) is 1. The van der Waals surface area contributed by atoms with Crippen molar-refractivity contribution in [2.24, 2.45) is 11.8 Å². The number of carbonyl (C=O) groups excluding carboxylic acids is 2. The van der Waals surface area contributed by atoms with Crippen LogP contribution in [0.25, 0.3) is 0 Å². The van der Waals surface area contributed by atoms with E-state index in [1.165, 1.54) is 4.90 Å². The predicted molar refractivity (Wildman–Crippen MR) is 82.9 cm³/mol. The Balaban J connectivity index is 2.24. The number of nitrogens with zero attached hydrogens (tertiary/aromatic N) is 2.